The Bertz CT molecular complexity index is 2530. The molecule has 9 aromatic rings. The van der Waals surface area contributed by atoms with Crippen molar-refractivity contribution in [1.82, 2.24) is 19.9 Å². The number of benzene rings is 5. The van der Waals surface area contributed by atoms with E-state index in [4.69, 9.17) is 8.83 Å². The molecule has 0 amide bonds. The lowest BCUT2D eigenvalue weighted by molar-refractivity contribution is 0.572. The summed E-state index contributed by atoms with van der Waals surface area (Å²) in [6.45, 7) is 0. The summed E-state index contributed by atoms with van der Waals surface area (Å²) in [5.41, 5.74) is 7.99. The van der Waals surface area contributed by atoms with E-state index in [1.54, 1.807) is 24.9 Å². The zero-order chi connectivity index (χ0) is 30.5. The molecular weight excluding hydrogens is 568 g/mol. The normalized spacial score (nSPS) is 11.5. The largest absolute Gasteiger partial charge is 0.443 e. The van der Waals surface area contributed by atoms with E-state index in [2.05, 4.69) is 129 Å². The second kappa shape index (κ2) is 10.6. The molecule has 0 radical (unpaired) electrons. The van der Waals surface area contributed by atoms with E-state index in [1.165, 1.54) is 16.3 Å². The van der Waals surface area contributed by atoms with Crippen LogP contribution in [0.5, 0.6) is 0 Å². The maximum absolute atomic E-state index is 5.63. The third kappa shape index (κ3) is 4.27. The Morgan fingerprint density at radius 2 is 0.957 bits per heavy atom. The third-order valence-electron chi connectivity index (χ3n) is 8.52. The fourth-order valence-electron chi connectivity index (χ4n) is 6.55. The van der Waals surface area contributed by atoms with E-state index >= 15 is 0 Å². The van der Waals surface area contributed by atoms with Crippen LogP contribution < -0.4 is 0 Å². The first-order valence-electron chi connectivity index (χ1n) is 15.0. The zero-order valence-corrected chi connectivity index (χ0v) is 24.5. The number of hydrogen-bond donors (Lipinski definition) is 0. The van der Waals surface area contributed by atoms with Gasteiger partial charge in [0.1, 0.15) is 23.9 Å². The number of oxazole rings is 2. The van der Waals surface area contributed by atoms with Gasteiger partial charge in [0.25, 0.3) is 0 Å². The summed E-state index contributed by atoms with van der Waals surface area (Å²) in [6, 6.07) is 38.6. The molecular formula is C40H24N4O2. The van der Waals surface area contributed by atoms with Crippen molar-refractivity contribution in [3.63, 3.8) is 0 Å². The van der Waals surface area contributed by atoms with E-state index in [1.807, 2.05) is 12.4 Å². The highest BCUT2D eigenvalue weighted by atomic mass is 16.3. The van der Waals surface area contributed by atoms with Gasteiger partial charge in [-0.05, 0) is 96.0 Å². The van der Waals surface area contributed by atoms with Crippen LogP contribution in [-0.2, 0) is 0 Å². The van der Waals surface area contributed by atoms with Gasteiger partial charge < -0.3 is 8.83 Å². The molecule has 9 rings (SSSR count). The molecule has 4 aromatic heterocycles. The molecule has 4 heterocycles. The van der Waals surface area contributed by atoms with E-state index in [9.17, 15) is 0 Å². The summed E-state index contributed by atoms with van der Waals surface area (Å²) in [5, 5.41) is 6.92. The third-order valence-corrected chi connectivity index (χ3v) is 8.52. The van der Waals surface area contributed by atoms with Crippen molar-refractivity contribution in [3.8, 4) is 56.6 Å². The van der Waals surface area contributed by atoms with Crippen LogP contribution in [0.4, 0.5) is 0 Å². The van der Waals surface area contributed by atoms with Crippen LogP contribution in [0.1, 0.15) is 0 Å². The highest BCUT2D eigenvalue weighted by molar-refractivity contribution is 6.22. The van der Waals surface area contributed by atoms with Crippen molar-refractivity contribution in [2.75, 3.05) is 0 Å². The highest BCUT2D eigenvalue weighted by Crippen LogP contribution is 2.46. The topological polar surface area (TPSA) is 77.8 Å². The summed E-state index contributed by atoms with van der Waals surface area (Å²) in [6.07, 6.45) is 10.1. The Morgan fingerprint density at radius 1 is 0.391 bits per heavy atom. The second-order valence-corrected chi connectivity index (χ2v) is 11.1. The molecule has 0 aliphatic carbocycles. The highest BCUT2D eigenvalue weighted by Gasteiger charge is 2.20. The molecule has 216 valence electrons. The number of pyridine rings is 2. The van der Waals surface area contributed by atoms with Crippen molar-refractivity contribution in [2.45, 2.75) is 0 Å². The molecule has 0 spiro atoms. The average molecular weight is 593 g/mol. The van der Waals surface area contributed by atoms with Crippen LogP contribution in [0.25, 0.3) is 88.9 Å². The molecule has 0 N–H and O–H groups in total. The number of hydrogen-bond acceptors (Lipinski definition) is 6. The number of rotatable bonds is 5. The van der Waals surface area contributed by atoms with Gasteiger partial charge in [0.15, 0.2) is 0 Å². The molecule has 0 atom stereocenters. The minimum atomic E-state index is 0.486. The lowest BCUT2D eigenvalue weighted by atomic mass is 9.84. The number of fused-ring (bicyclic) bond motifs is 3. The minimum Gasteiger partial charge on any atom is -0.443 e. The van der Waals surface area contributed by atoms with Gasteiger partial charge in [0, 0.05) is 12.4 Å². The predicted octanol–water partition coefficient (Wildman–Crippen LogP) is 10.2. The van der Waals surface area contributed by atoms with Crippen LogP contribution in [0.3, 0.4) is 0 Å². The fourth-order valence-corrected chi connectivity index (χ4v) is 6.55. The van der Waals surface area contributed by atoms with Crippen molar-refractivity contribution >= 4 is 32.3 Å². The maximum Gasteiger partial charge on any atom is 0.245 e. The first-order valence-corrected chi connectivity index (χ1v) is 15.0. The molecule has 5 aromatic carbocycles. The van der Waals surface area contributed by atoms with Crippen LogP contribution in [0, 0.1) is 0 Å². The van der Waals surface area contributed by atoms with E-state index in [-0.39, 0.29) is 0 Å². The smallest absolute Gasteiger partial charge is 0.245 e. The Hall–Kier alpha value is -6.40. The molecule has 0 saturated carbocycles. The molecule has 0 fully saturated rings. The van der Waals surface area contributed by atoms with Crippen LogP contribution >= 0.6 is 0 Å². The van der Waals surface area contributed by atoms with Crippen molar-refractivity contribution in [2.24, 2.45) is 0 Å². The van der Waals surface area contributed by atoms with Crippen molar-refractivity contribution < 1.29 is 8.83 Å². The summed E-state index contributed by atoms with van der Waals surface area (Å²) in [7, 11) is 0. The van der Waals surface area contributed by atoms with E-state index in [0.717, 1.165) is 49.4 Å². The molecule has 6 heteroatoms. The zero-order valence-electron chi connectivity index (χ0n) is 24.5. The lowest BCUT2D eigenvalue weighted by Gasteiger charge is -2.19. The minimum absolute atomic E-state index is 0.486. The average Bonchev–Trinajstić information content (AvgIpc) is 3.86. The Labute approximate surface area is 263 Å². The summed E-state index contributed by atoms with van der Waals surface area (Å²) in [5.74, 6) is 0.973. The van der Waals surface area contributed by atoms with Gasteiger partial charge in [-0.15, -0.1) is 0 Å². The standard InChI is InChI=1S/C40H24N4O2/c1-2-8-29-25(6-1)7-5-11-30(29)26-12-13-33-34(22-26)38(28-15-17-42-36(24-28)40-44-19-21-46-40)32-10-4-3-9-31(32)37(33)27-14-16-41-35(23-27)39-43-18-20-45-39/h1-24H. The number of aromatic nitrogens is 4. The van der Waals surface area contributed by atoms with Gasteiger partial charge in [-0.2, -0.15) is 0 Å². The van der Waals surface area contributed by atoms with Gasteiger partial charge in [-0.1, -0.05) is 78.9 Å². The van der Waals surface area contributed by atoms with Gasteiger partial charge in [-0.3, -0.25) is 9.97 Å². The predicted molar refractivity (Wildman–Crippen MR) is 182 cm³/mol. The molecule has 0 unspecified atom stereocenters. The van der Waals surface area contributed by atoms with Crippen molar-refractivity contribution in [3.05, 3.63) is 147 Å². The van der Waals surface area contributed by atoms with Gasteiger partial charge in [0.2, 0.25) is 11.8 Å². The van der Waals surface area contributed by atoms with Crippen molar-refractivity contribution in [1.29, 1.82) is 0 Å². The quantitative estimate of drug-likeness (QED) is 0.185. The second-order valence-electron chi connectivity index (χ2n) is 11.1. The van der Waals surface area contributed by atoms with Gasteiger partial charge >= 0.3 is 0 Å². The summed E-state index contributed by atoms with van der Waals surface area (Å²) < 4.78 is 11.2. The SMILES string of the molecule is c1ccc2c(-c3ccc4c(-c5ccnc(-c6ncco6)c5)c5ccccc5c(-c5ccnc(-c6ncco6)c5)c4c3)cccc2c1. The van der Waals surface area contributed by atoms with E-state index in [0.29, 0.717) is 23.2 Å². The van der Waals surface area contributed by atoms with Gasteiger partial charge in [-0.25, -0.2) is 9.97 Å². The maximum atomic E-state index is 5.63. The first-order chi connectivity index (χ1) is 22.8. The van der Waals surface area contributed by atoms with Crippen LogP contribution in [0.2, 0.25) is 0 Å². The Balaban J connectivity index is 1.38. The molecule has 0 saturated heterocycles. The Kier molecular flexibility index (Phi) is 6.03. The molecule has 6 nitrogen and oxygen atoms in total. The molecule has 0 bridgehead atoms. The van der Waals surface area contributed by atoms with E-state index < -0.39 is 0 Å². The Morgan fingerprint density at radius 3 is 1.59 bits per heavy atom. The molecule has 46 heavy (non-hydrogen) atoms. The number of nitrogens with zero attached hydrogens (tertiary/aromatic N) is 4. The molecule has 0 aliphatic rings. The molecule has 0 aliphatic heterocycles. The fraction of sp³-hybridized carbons (Fsp3) is 0. The monoisotopic (exact) mass is 592 g/mol. The summed E-state index contributed by atoms with van der Waals surface area (Å²) in [4.78, 5) is 17.9. The summed E-state index contributed by atoms with van der Waals surface area (Å²) >= 11 is 0. The van der Waals surface area contributed by atoms with Crippen LogP contribution in [0.15, 0.2) is 155 Å². The lowest BCUT2D eigenvalue weighted by Crippen LogP contribution is -1.94. The van der Waals surface area contributed by atoms with Crippen LogP contribution in [-0.4, -0.2) is 19.9 Å². The first kappa shape index (κ1) is 26.0. The van der Waals surface area contributed by atoms with Gasteiger partial charge in [0.05, 0.1) is 12.4 Å².